The van der Waals surface area contributed by atoms with Crippen LogP contribution in [0.25, 0.3) is 0 Å². The molecule has 0 amide bonds. The fourth-order valence-corrected chi connectivity index (χ4v) is 0.912. The van der Waals surface area contributed by atoms with Crippen molar-refractivity contribution in [2.45, 2.75) is 0 Å². The molecule has 0 saturated heterocycles. The fraction of sp³-hybridized carbons (Fsp3) is 0.500. The third kappa shape index (κ3) is 4.11. The largest absolute Gasteiger partial charge is 0.302 e. The Morgan fingerprint density at radius 3 is 2.44 bits per heavy atom. The van der Waals surface area contributed by atoms with Crippen molar-refractivity contribution < 1.29 is 13.2 Å². The van der Waals surface area contributed by atoms with E-state index in [9.17, 15) is 13.2 Å². The molecule has 0 fully saturated rings. The van der Waals surface area contributed by atoms with Crippen LogP contribution in [0.15, 0.2) is 0 Å². The van der Waals surface area contributed by atoms with Gasteiger partial charge in [-0.15, -0.1) is 0 Å². The Morgan fingerprint density at radius 1 is 1.56 bits per heavy atom. The maximum atomic E-state index is 10.4. The Morgan fingerprint density at radius 2 is 2.11 bits per heavy atom. The lowest BCUT2D eigenvalue weighted by molar-refractivity contribution is -0.105. The number of carbonyl (C=O) groups is 1. The molecule has 0 spiro atoms. The highest BCUT2D eigenvalue weighted by Crippen LogP contribution is 1.77. The van der Waals surface area contributed by atoms with Crippen LogP contribution >= 0.6 is 0 Å². The average Bonchev–Trinajstić information content (AvgIpc) is 1.64. The molecule has 1 radical (unpaired) electrons. The SMILES string of the molecule is [CH2]CNS(=O)(=O)CC=O. The van der Waals surface area contributed by atoms with Gasteiger partial charge in [-0.05, 0) is 6.92 Å². The quantitative estimate of drug-likeness (QED) is 0.519. The number of hydrogen-bond acceptors (Lipinski definition) is 3. The summed E-state index contributed by atoms with van der Waals surface area (Å²) in [5.41, 5.74) is 0. The van der Waals surface area contributed by atoms with E-state index in [1.165, 1.54) is 0 Å². The van der Waals surface area contributed by atoms with Crippen molar-refractivity contribution in [3.8, 4) is 0 Å². The molecule has 1 N–H and O–H groups in total. The number of aldehydes is 1. The van der Waals surface area contributed by atoms with Gasteiger partial charge in [-0.2, -0.15) is 0 Å². The minimum absolute atomic E-state index is 0.0795. The normalized spacial score (nSPS) is 11.2. The van der Waals surface area contributed by atoms with Crippen LogP contribution in [0.1, 0.15) is 0 Å². The van der Waals surface area contributed by atoms with Crippen LogP contribution in [0.2, 0.25) is 0 Å². The van der Waals surface area contributed by atoms with E-state index in [0.29, 0.717) is 6.29 Å². The molecular weight excluding hydrogens is 142 g/mol. The number of sulfonamides is 1. The van der Waals surface area contributed by atoms with E-state index in [0.717, 1.165) is 0 Å². The van der Waals surface area contributed by atoms with Crippen molar-refractivity contribution >= 4 is 16.3 Å². The summed E-state index contributed by atoms with van der Waals surface area (Å²) in [6.45, 7) is 3.33. The number of rotatable bonds is 4. The highest BCUT2D eigenvalue weighted by molar-refractivity contribution is 7.90. The molecule has 0 aromatic heterocycles. The van der Waals surface area contributed by atoms with Gasteiger partial charge in [-0.1, -0.05) is 0 Å². The fourth-order valence-electron chi connectivity index (χ4n) is 0.304. The zero-order chi connectivity index (χ0) is 7.33. The predicted octanol–water partition coefficient (Wildman–Crippen LogP) is -1.06. The van der Waals surface area contributed by atoms with E-state index in [1.807, 2.05) is 0 Å². The third-order valence-corrected chi connectivity index (χ3v) is 1.83. The van der Waals surface area contributed by atoms with Crippen molar-refractivity contribution in [3.05, 3.63) is 6.92 Å². The first-order valence-electron chi connectivity index (χ1n) is 2.32. The molecule has 0 unspecified atom stereocenters. The van der Waals surface area contributed by atoms with Gasteiger partial charge in [-0.25, -0.2) is 13.1 Å². The molecular formula is C4H8NO3S. The van der Waals surface area contributed by atoms with Crippen molar-refractivity contribution in [3.63, 3.8) is 0 Å². The summed E-state index contributed by atoms with van der Waals surface area (Å²) in [6, 6.07) is 0. The van der Waals surface area contributed by atoms with Gasteiger partial charge in [0, 0.05) is 6.54 Å². The molecule has 0 rings (SSSR count). The van der Waals surface area contributed by atoms with Crippen LogP contribution in [-0.4, -0.2) is 27.0 Å². The Labute approximate surface area is 54.3 Å². The number of nitrogens with one attached hydrogen (secondary N) is 1. The highest BCUT2D eigenvalue weighted by Gasteiger charge is 2.04. The van der Waals surface area contributed by atoms with Gasteiger partial charge in [-0.3, -0.25) is 0 Å². The van der Waals surface area contributed by atoms with Gasteiger partial charge in [0.25, 0.3) is 0 Å². The lowest BCUT2D eigenvalue weighted by atomic mass is 10.8. The smallest absolute Gasteiger partial charge is 0.218 e. The maximum Gasteiger partial charge on any atom is 0.218 e. The number of hydrogen-bond donors (Lipinski definition) is 1. The molecule has 0 aromatic carbocycles. The van der Waals surface area contributed by atoms with Crippen LogP contribution in [0, 0.1) is 6.92 Å². The van der Waals surface area contributed by atoms with E-state index >= 15 is 0 Å². The summed E-state index contributed by atoms with van der Waals surface area (Å²) < 4.78 is 22.9. The molecule has 0 aliphatic carbocycles. The standard InChI is InChI=1S/C4H8NO3S/c1-2-5-9(7,8)4-3-6/h3,5H,1-2,4H2. The predicted molar refractivity (Wildman–Crippen MR) is 33.2 cm³/mol. The van der Waals surface area contributed by atoms with Gasteiger partial charge >= 0.3 is 0 Å². The van der Waals surface area contributed by atoms with Crippen molar-refractivity contribution in [2.24, 2.45) is 0 Å². The molecule has 0 bridgehead atoms. The lowest BCUT2D eigenvalue weighted by Gasteiger charge is -1.96. The lowest BCUT2D eigenvalue weighted by Crippen LogP contribution is -2.26. The Hall–Kier alpha value is -0.420. The topological polar surface area (TPSA) is 63.2 Å². The molecule has 0 heterocycles. The highest BCUT2D eigenvalue weighted by atomic mass is 32.2. The molecule has 0 aliphatic rings. The van der Waals surface area contributed by atoms with E-state index in [1.54, 1.807) is 0 Å². The second-order valence-electron chi connectivity index (χ2n) is 1.34. The summed E-state index contributed by atoms with van der Waals surface area (Å²) >= 11 is 0. The van der Waals surface area contributed by atoms with E-state index in [4.69, 9.17) is 0 Å². The Bertz CT molecular complexity index is 172. The molecule has 9 heavy (non-hydrogen) atoms. The van der Waals surface area contributed by atoms with Crippen LogP contribution in [0.3, 0.4) is 0 Å². The van der Waals surface area contributed by atoms with E-state index in [2.05, 4.69) is 11.6 Å². The van der Waals surface area contributed by atoms with Gasteiger partial charge in [0.05, 0.1) is 0 Å². The molecule has 5 heteroatoms. The van der Waals surface area contributed by atoms with E-state index in [-0.39, 0.29) is 6.54 Å². The second kappa shape index (κ2) is 3.58. The summed E-state index contributed by atoms with van der Waals surface area (Å²) in [7, 11) is -3.36. The van der Waals surface area contributed by atoms with Crippen molar-refractivity contribution in [1.29, 1.82) is 0 Å². The summed E-state index contributed by atoms with van der Waals surface area (Å²) in [6.07, 6.45) is 0.331. The molecule has 0 atom stereocenters. The molecule has 53 valence electrons. The van der Waals surface area contributed by atoms with Gasteiger partial charge in [0.1, 0.15) is 12.0 Å². The van der Waals surface area contributed by atoms with Gasteiger partial charge in [0.15, 0.2) is 0 Å². The molecule has 0 aromatic rings. The first-order chi connectivity index (χ1) is 4.12. The molecule has 0 aliphatic heterocycles. The summed E-state index contributed by atoms with van der Waals surface area (Å²) in [4.78, 5) is 9.66. The van der Waals surface area contributed by atoms with Crippen LogP contribution in [0.5, 0.6) is 0 Å². The molecule has 4 nitrogen and oxygen atoms in total. The third-order valence-electron chi connectivity index (χ3n) is 0.609. The van der Waals surface area contributed by atoms with Crippen LogP contribution < -0.4 is 4.72 Å². The van der Waals surface area contributed by atoms with Gasteiger partial charge in [0.2, 0.25) is 10.0 Å². The van der Waals surface area contributed by atoms with Crippen LogP contribution in [0.4, 0.5) is 0 Å². The van der Waals surface area contributed by atoms with Crippen molar-refractivity contribution in [2.75, 3.05) is 12.3 Å². The van der Waals surface area contributed by atoms with Gasteiger partial charge < -0.3 is 4.79 Å². The Balaban J connectivity index is 3.88. The molecule has 0 saturated carbocycles. The maximum absolute atomic E-state index is 10.4. The van der Waals surface area contributed by atoms with Crippen LogP contribution in [-0.2, 0) is 14.8 Å². The summed E-state index contributed by atoms with van der Waals surface area (Å²) in [5.74, 6) is -0.484. The van der Waals surface area contributed by atoms with E-state index < -0.39 is 15.8 Å². The monoisotopic (exact) mass is 150 g/mol. The zero-order valence-corrected chi connectivity index (χ0v) is 5.65. The zero-order valence-electron chi connectivity index (χ0n) is 4.83. The second-order valence-corrected chi connectivity index (χ2v) is 3.19. The Kier molecular flexibility index (Phi) is 3.41. The summed E-state index contributed by atoms with van der Waals surface area (Å²) in [5, 5.41) is 0. The number of carbonyl (C=O) groups excluding carboxylic acids is 1. The minimum Gasteiger partial charge on any atom is -0.302 e. The first kappa shape index (κ1) is 8.58. The average molecular weight is 150 g/mol. The van der Waals surface area contributed by atoms with Crippen molar-refractivity contribution in [1.82, 2.24) is 4.72 Å². The first-order valence-corrected chi connectivity index (χ1v) is 3.98. The minimum atomic E-state index is -3.36.